The van der Waals surface area contributed by atoms with Crippen LogP contribution in [0.3, 0.4) is 0 Å². The van der Waals surface area contributed by atoms with Crippen LogP contribution in [0.5, 0.6) is 0 Å². The van der Waals surface area contributed by atoms with Crippen LogP contribution in [0.4, 0.5) is 0 Å². The van der Waals surface area contributed by atoms with Crippen molar-refractivity contribution < 1.29 is 18.9 Å². The van der Waals surface area contributed by atoms with Crippen molar-refractivity contribution in [1.82, 2.24) is 0 Å². The Morgan fingerprint density at radius 2 is 1.00 bits per heavy atom. The summed E-state index contributed by atoms with van der Waals surface area (Å²) in [7, 11) is -1.67. The van der Waals surface area contributed by atoms with E-state index in [4.69, 9.17) is 18.9 Å². The molecule has 0 bridgehead atoms. The maximum absolute atomic E-state index is 8.46. The Morgan fingerprint density at radius 3 is 1.00 bits per heavy atom. The Hall–Kier alpha value is 0.910. The Morgan fingerprint density at radius 1 is 1.00 bits per heavy atom. The zero-order valence-electron chi connectivity index (χ0n) is 3.11. The fraction of sp³-hybridized carbons (Fsp3) is 0. The van der Waals surface area contributed by atoms with Gasteiger partial charge in [-0.3, -0.25) is 0 Å². The minimum absolute atomic E-state index is 0. The molecule has 4 nitrogen and oxygen atoms in total. The summed E-state index contributed by atoms with van der Waals surface area (Å²) >= 11 is 0. The van der Waals surface area contributed by atoms with Gasteiger partial charge in [0.05, 0.1) is 0 Å². The zero-order chi connectivity index (χ0) is 5.41. The van der Waals surface area contributed by atoms with E-state index in [0.29, 0.717) is 0 Å². The van der Waals surface area contributed by atoms with E-state index in [1.807, 2.05) is 0 Å². The molecule has 0 aromatic heterocycles. The molecule has 0 aliphatic carbocycles. The van der Waals surface area contributed by atoms with Gasteiger partial charge in [-0.15, -0.1) is 0 Å². The molecule has 0 aromatic carbocycles. The van der Waals surface area contributed by atoms with E-state index < -0.39 is 17.4 Å². The summed E-state index contributed by atoms with van der Waals surface area (Å²) < 4.78 is 16.9. The average molecular weight is 258 g/mol. The molecular weight excluding hydrogens is 254 g/mol. The predicted octanol–water partition coefficient (Wildman–Crippen LogP) is -0.545. The van der Waals surface area contributed by atoms with Crippen LogP contribution in [-0.2, 0) is 9.13 Å². The van der Waals surface area contributed by atoms with Crippen molar-refractivity contribution in [2.45, 2.75) is 0 Å². The van der Waals surface area contributed by atoms with Crippen LogP contribution in [0, 0.1) is 0 Å². The molecule has 0 spiro atoms. The van der Waals surface area contributed by atoms with Crippen LogP contribution in [-0.4, -0.2) is 33.5 Å². The van der Waals surface area contributed by atoms with Crippen molar-refractivity contribution in [2.24, 2.45) is 0 Å². The van der Waals surface area contributed by atoms with Gasteiger partial charge in [0.2, 0.25) is 0 Å². The summed E-state index contributed by atoms with van der Waals surface area (Å²) in [6.45, 7) is 0. The van der Waals surface area contributed by atoms with Crippen molar-refractivity contribution >= 4 is 41.0 Å². The molecule has 0 amide bonds. The SMILES string of the molecule is O=PO.O=PO.[TeH2]. The van der Waals surface area contributed by atoms with Gasteiger partial charge in [0.1, 0.15) is 0 Å². The summed E-state index contributed by atoms with van der Waals surface area (Å²) in [6.07, 6.45) is 0. The molecule has 0 aliphatic heterocycles. The third kappa shape index (κ3) is 201. The fourth-order valence-electron chi connectivity index (χ4n) is 0. The molecule has 0 saturated carbocycles. The van der Waals surface area contributed by atoms with Crippen molar-refractivity contribution in [1.29, 1.82) is 0 Å². The first-order valence-electron chi connectivity index (χ1n) is 0.765. The first-order chi connectivity index (χ1) is 2.83. The molecule has 0 aromatic rings. The fourth-order valence-corrected chi connectivity index (χ4v) is 0. The van der Waals surface area contributed by atoms with Crippen LogP contribution in [0.15, 0.2) is 0 Å². The molecule has 7 heavy (non-hydrogen) atoms. The molecule has 7 heteroatoms. The molecule has 0 atom stereocenters. The molecule has 2 N–H and O–H groups in total. The number of hydrogen-bond donors (Lipinski definition) is 2. The van der Waals surface area contributed by atoms with Gasteiger partial charge in [0, 0.05) is 0 Å². The summed E-state index contributed by atoms with van der Waals surface area (Å²) in [5.41, 5.74) is 0. The van der Waals surface area contributed by atoms with Crippen LogP contribution < -0.4 is 0 Å². The third-order valence-electron chi connectivity index (χ3n) is 0. The third-order valence-corrected chi connectivity index (χ3v) is 0. The number of hydrogen-bond acceptors (Lipinski definition) is 2. The van der Waals surface area contributed by atoms with E-state index >= 15 is 0 Å². The quantitative estimate of drug-likeness (QED) is 0.451. The summed E-state index contributed by atoms with van der Waals surface area (Å²) in [5.74, 6) is 0. The molecule has 44 valence electrons. The van der Waals surface area contributed by atoms with E-state index in [2.05, 4.69) is 0 Å². The van der Waals surface area contributed by atoms with Crippen molar-refractivity contribution in [3.8, 4) is 0 Å². The van der Waals surface area contributed by atoms with E-state index in [1.165, 1.54) is 0 Å². The molecule has 0 heterocycles. The van der Waals surface area contributed by atoms with E-state index in [9.17, 15) is 0 Å². The van der Waals surface area contributed by atoms with Gasteiger partial charge < -0.3 is 9.79 Å². The average Bonchev–Trinajstić information content (AvgIpc) is 1.39. The van der Waals surface area contributed by atoms with Gasteiger partial charge in [0.25, 0.3) is 0 Å². The van der Waals surface area contributed by atoms with Gasteiger partial charge in [-0.25, -0.2) is 9.13 Å². The van der Waals surface area contributed by atoms with Crippen molar-refractivity contribution in [3.05, 3.63) is 0 Å². The molecular formula is H4O4P2Te. The molecule has 0 saturated heterocycles. The minimum atomic E-state index is -0.833. The van der Waals surface area contributed by atoms with Gasteiger partial charge in [-0.05, 0) is 0 Å². The first kappa shape index (κ1) is 15.7. The second kappa shape index (κ2) is 28.5. The van der Waals surface area contributed by atoms with E-state index in [1.54, 1.807) is 0 Å². The Bertz CT molecular complexity index is 30.7. The second-order valence-corrected chi connectivity index (χ2v) is 0.490. The molecule has 0 rings (SSSR count). The maximum atomic E-state index is 8.46. The van der Waals surface area contributed by atoms with Gasteiger partial charge in [-0.1, -0.05) is 0 Å². The second-order valence-electron chi connectivity index (χ2n) is 0.163. The van der Waals surface area contributed by atoms with Crippen LogP contribution in [0.1, 0.15) is 0 Å². The van der Waals surface area contributed by atoms with Gasteiger partial charge in [-0.2, -0.15) is 0 Å². The standard InChI is InChI=1S/2HO2P.H2Te/c2*1-3-2;/h2*(H,1,2);1H2. The van der Waals surface area contributed by atoms with Crippen LogP contribution in [0.2, 0.25) is 0 Å². The Labute approximate surface area is 60.2 Å². The van der Waals surface area contributed by atoms with Gasteiger partial charge in [0.15, 0.2) is 0 Å². The van der Waals surface area contributed by atoms with E-state index in [0.717, 1.165) is 0 Å². The Kier molecular flexibility index (Phi) is 63.8. The van der Waals surface area contributed by atoms with Crippen molar-refractivity contribution in [3.63, 3.8) is 0 Å². The molecule has 0 radical (unpaired) electrons. The zero-order valence-corrected chi connectivity index (χ0v) is 7.75. The topological polar surface area (TPSA) is 74.6 Å². The monoisotopic (exact) mass is 260 g/mol. The molecule has 0 aliphatic rings. The van der Waals surface area contributed by atoms with Crippen LogP contribution in [0.25, 0.3) is 0 Å². The number of rotatable bonds is 0. The summed E-state index contributed by atoms with van der Waals surface area (Å²) in [5, 5.41) is 0. The molecule has 0 fully saturated rings. The Balaban J connectivity index is -0.0000000400. The van der Waals surface area contributed by atoms with Crippen LogP contribution >= 0.6 is 17.4 Å². The van der Waals surface area contributed by atoms with E-state index in [-0.39, 0.29) is 23.7 Å². The van der Waals surface area contributed by atoms with Gasteiger partial charge >= 0.3 is 41.0 Å². The normalized spacial score (nSPS) is 6.00. The summed E-state index contributed by atoms with van der Waals surface area (Å²) in [6, 6.07) is 0. The molecule has 0 unspecified atom stereocenters. The predicted molar refractivity (Wildman–Crippen MR) is 28.2 cm³/mol. The van der Waals surface area contributed by atoms with Crippen molar-refractivity contribution in [2.75, 3.05) is 0 Å². The summed E-state index contributed by atoms with van der Waals surface area (Å²) in [4.78, 5) is 14.0. The first-order valence-corrected chi connectivity index (χ1v) is 2.30.